The van der Waals surface area contributed by atoms with Crippen LogP contribution in [0.15, 0.2) is 12.4 Å². The molecule has 0 unspecified atom stereocenters. The van der Waals surface area contributed by atoms with Gasteiger partial charge in [0.15, 0.2) is 11.5 Å². The minimum Gasteiger partial charge on any atom is -0.476 e. The van der Waals surface area contributed by atoms with Crippen LogP contribution in [0, 0.1) is 0 Å². The number of likely N-dealkylation sites (tertiary alicyclic amines) is 1. The molecule has 7 heteroatoms. The Kier molecular flexibility index (Phi) is 5.25. The molecule has 0 aromatic carbocycles. The number of rotatable bonds is 6. The summed E-state index contributed by atoms with van der Waals surface area (Å²) in [6.45, 7) is 3.43. The van der Waals surface area contributed by atoms with E-state index in [0.29, 0.717) is 12.4 Å². The van der Waals surface area contributed by atoms with Gasteiger partial charge in [0.25, 0.3) is 0 Å². The SMILES string of the molecule is O=C(O)c1nccnc1NCCCN1CCC(O)CC1. The van der Waals surface area contributed by atoms with Gasteiger partial charge in [0, 0.05) is 32.0 Å². The molecule has 1 aromatic rings. The average Bonchev–Trinajstić information content (AvgIpc) is 2.46. The van der Waals surface area contributed by atoms with E-state index in [0.717, 1.165) is 38.9 Å². The van der Waals surface area contributed by atoms with Crippen molar-refractivity contribution >= 4 is 11.8 Å². The maximum Gasteiger partial charge on any atom is 0.358 e. The molecule has 0 atom stereocenters. The summed E-state index contributed by atoms with van der Waals surface area (Å²) in [7, 11) is 0. The molecule has 2 heterocycles. The Morgan fingerprint density at radius 3 is 2.75 bits per heavy atom. The second-order valence-electron chi connectivity index (χ2n) is 4.91. The van der Waals surface area contributed by atoms with Crippen molar-refractivity contribution in [2.75, 3.05) is 31.5 Å². The number of hydrogen-bond donors (Lipinski definition) is 3. The quantitative estimate of drug-likeness (QED) is 0.650. The second kappa shape index (κ2) is 7.16. The molecular formula is C13H20N4O3. The standard InChI is InChI=1S/C13H20N4O3/c18-10-2-8-17(9-3-10)7-1-4-15-12-11(13(19)20)14-5-6-16-12/h5-6,10,18H,1-4,7-9H2,(H,15,16)(H,19,20). The Balaban J connectivity index is 1.72. The van der Waals surface area contributed by atoms with Crippen LogP contribution in [0.3, 0.4) is 0 Å². The fourth-order valence-corrected chi connectivity index (χ4v) is 2.28. The van der Waals surface area contributed by atoms with Gasteiger partial charge in [0.1, 0.15) is 0 Å². The minimum absolute atomic E-state index is 0.0476. The van der Waals surface area contributed by atoms with Gasteiger partial charge < -0.3 is 20.4 Å². The van der Waals surface area contributed by atoms with Crippen LogP contribution >= 0.6 is 0 Å². The predicted molar refractivity (Wildman–Crippen MR) is 73.8 cm³/mol. The van der Waals surface area contributed by atoms with E-state index in [-0.39, 0.29) is 11.8 Å². The highest BCUT2D eigenvalue weighted by Gasteiger charge is 2.16. The molecule has 20 heavy (non-hydrogen) atoms. The lowest BCUT2D eigenvalue weighted by Gasteiger charge is -2.29. The third-order valence-electron chi connectivity index (χ3n) is 3.40. The van der Waals surface area contributed by atoms with Crippen molar-refractivity contribution in [2.45, 2.75) is 25.4 Å². The zero-order valence-corrected chi connectivity index (χ0v) is 11.3. The first-order valence-corrected chi connectivity index (χ1v) is 6.85. The summed E-state index contributed by atoms with van der Waals surface area (Å²) in [6.07, 6.45) is 5.25. The Morgan fingerprint density at radius 1 is 1.35 bits per heavy atom. The lowest BCUT2D eigenvalue weighted by molar-refractivity contribution is 0.0691. The number of carboxylic acids is 1. The lowest BCUT2D eigenvalue weighted by Crippen LogP contribution is -2.36. The maximum absolute atomic E-state index is 11.0. The van der Waals surface area contributed by atoms with E-state index >= 15 is 0 Å². The fourth-order valence-electron chi connectivity index (χ4n) is 2.28. The van der Waals surface area contributed by atoms with E-state index in [1.165, 1.54) is 12.4 Å². The molecule has 1 saturated heterocycles. The van der Waals surface area contributed by atoms with E-state index in [2.05, 4.69) is 20.2 Å². The number of carbonyl (C=O) groups is 1. The summed E-state index contributed by atoms with van der Waals surface area (Å²) in [5.41, 5.74) is -0.0476. The minimum atomic E-state index is -1.08. The Bertz CT molecular complexity index is 447. The van der Waals surface area contributed by atoms with Crippen molar-refractivity contribution in [1.29, 1.82) is 0 Å². The lowest BCUT2D eigenvalue weighted by atomic mass is 10.1. The summed E-state index contributed by atoms with van der Waals surface area (Å²) in [4.78, 5) is 21.1. The summed E-state index contributed by atoms with van der Waals surface area (Å²) in [5.74, 6) is -0.764. The van der Waals surface area contributed by atoms with Gasteiger partial charge in [-0.25, -0.2) is 14.8 Å². The van der Waals surface area contributed by atoms with Gasteiger partial charge in [-0.2, -0.15) is 0 Å². The monoisotopic (exact) mass is 280 g/mol. The van der Waals surface area contributed by atoms with E-state index in [9.17, 15) is 9.90 Å². The molecule has 1 aromatic heterocycles. The molecule has 0 saturated carbocycles. The highest BCUT2D eigenvalue weighted by atomic mass is 16.4. The first-order chi connectivity index (χ1) is 9.66. The fraction of sp³-hybridized carbons (Fsp3) is 0.615. The summed E-state index contributed by atoms with van der Waals surface area (Å²) >= 11 is 0. The number of nitrogens with zero attached hydrogens (tertiary/aromatic N) is 3. The zero-order valence-electron chi connectivity index (χ0n) is 11.3. The van der Waals surface area contributed by atoms with Gasteiger partial charge >= 0.3 is 5.97 Å². The second-order valence-corrected chi connectivity index (χ2v) is 4.91. The van der Waals surface area contributed by atoms with Crippen molar-refractivity contribution in [3.05, 3.63) is 18.1 Å². The summed E-state index contributed by atoms with van der Waals surface area (Å²) < 4.78 is 0. The predicted octanol–water partition coefficient (Wildman–Crippen LogP) is 0.433. The van der Waals surface area contributed by atoms with Crippen LogP contribution in [0.4, 0.5) is 5.82 Å². The van der Waals surface area contributed by atoms with E-state index in [1.54, 1.807) is 0 Å². The summed E-state index contributed by atoms with van der Waals surface area (Å²) in [6, 6.07) is 0. The molecule has 110 valence electrons. The van der Waals surface area contributed by atoms with Gasteiger partial charge in [-0.05, 0) is 25.8 Å². The van der Waals surface area contributed by atoms with E-state index in [1.807, 2.05) is 0 Å². The number of aromatic carboxylic acids is 1. The number of aromatic nitrogens is 2. The van der Waals surface area contributed by atoms with Crippen LogP contribution in [0.5, 0.6) is 0 Å². The third kappa shape index (κ3) is 4.14. The highest BCUT2D eigenvalue weighted by Crippen LogP contribution is 2.11. The number of nitrogens with one attached hydrogen (secondary N) is 1. The van der Waals surface area contributed by atoms with Gasteiger partial charge in [-0.15, -0.1) is 0 Å². The topological polar surface area (TPSA) is 98.6 Å². The van der Waals surface area contributed by atoms with Gasteiger partial charge in [-0.1, -0.05) is 0 Å². The Labute approximate surface area is 117 Å². The van der Waals surface area contributed by atoms with Crippen molar-refractivity contribution in [2.24, 2.45) is 0 Å². The van der Waals surface area contributed by atoms with Gasteiger partial charge in [-0.3, -0.25) is 0 Å². The molecule has 7 nitrogen and oxygen atoms in total. The number of anilines is 1. The van der Waals surface area contributed by atoms with Crippen molar-refractivity contribution in [1.82, 2.24) is 14.9 Å². The molecule has 1 fully saturated rings. The van der Waals surface area contributed by atoms with Crippen LogP contribution < -0.4 is 5.32 Å². The van der Waals surface area contributed by atoms with Crippen molar-refractivity contribution in [3.63, 3.8) is 0 Å². The maximum atomic E-state index is 11.0. The summed E-state index contributed by atoms with van der Waals surface area (Å²) in [5, 5.41) is 21.4. The largest absolute Gasteiger partial charge is 0.476 e. The third-order valence-corrected chi connectivity index (χ3v) is 3.40. The van der Waals surface area contributed by atoms with Gasteiger partial charge in [0.2, 0.25) is 0 Å². The van der Waals surface area contributed by atoms with Crippen LogP contribution in [0.25, 0.3) is 0 Å². The first-order valence-electron chi connectivity index (χ1n) is 6.85. The molecular weight excluding hydrogens is 260 g/mol. The number of piperidine rings is 1. The normalized spacial score (nSPS) is 17.1. The number of hydrogen-bond acceptors (Lipinski definition) is 6. The van der Waals surface area contributed by atoms with E-state index < -0.39 is 5.97 Å². The number of aliphatic hydroxyl groups excluding tert-OH is 1. The van der Waals surface area contributed by atoms with Gasteiger partial charge in [0.05, 0.1) is 6.10 Å². The number of aliphatic hydroxyl groups is 1. The first kappa shape index (κ1) is 14.7. The molecule has 3 N–H and O–H groups in total. The van der Waals surface area contributed by atoms with Crippen LogP contribution in [0.2, 0.25) is 0 Å². The van der Waals surface area contributed by atoms with Crippen LogP contribution in [-0.2, 0) is 0 Å². The molecule has 0 spiro atoms. The highest BCUT2D eigenvalue weighted by molar-refractivity contribution is 5.90. The molecule has 0 aliphatic carbocycles. The smallest absolute Gasteiger partial charge is 0.358 e. The Morgan fingerprint density at radius 2 is 2.05 bits per heavy atom. The molecule has 1 aliphatic heterocycles. The number of carboxylic acid groups (broad SMARTS) is 1. The van der Waals surface area contributed by atoms with E-state index in [4.69, 9.17) is 5.11 Å². The van der Waals surface area contributed by atoms with Crippen LogP contribution in [-0.4, -0.2) is 63.3 Å². The van der Waals surface area contributed by atoms with Crippen molar-refractivity contribution < 1.29 is 15.0 Å². The molecule has 0 bridgehead atoms. The van der Waals surface area contributed by atoms with Crippen LogP contribution in [0.1, 0.15) is 29.8 Å². The molecule has 0 radical (unpaired) electrons. The zero-order chi connectivity index (χ0) is 14.4. The average molecular weight is 280 g/mol. The van der Waals surface area contributed by atoms with Crippen molar-refractivity contribution in [3.8, 4) is 0 Å². The molecule has 1 aliphatic rings. The Hall–Kier alpha value is -1.73. The molecule has 2 rings (SSSR count). The molecule has 0 amide bonds.